The first kappa shape index (κ1) is 15.0. The van der Waals surface area contributed by atoms with Crippen LogP contribution in [0.4, 0.5) is 5.69 Å². The maximum atomic E-state index is 12.3. The smallest absolute Gasteiger partial charge is 0.226 e. The summed E-state index contributed by atoms with van der Waals surface area (Å²) in [6.45, 7) is 5.24. The first-order valence-electron chi connectivity index (χ1n) is 7.65. The van der Waals surface area contributed by atoms with E-state index in [1.807, 2.05) is 13.1 Å². The summed E-state index contributed by atoms with van der Waals surface area (Å²) < 4.78 is 0. The summed E-state index contributed by atoms with van der Waals surface area (Å²) in [7, 11) is 1.88. The molecule has 0 saturated carbocycles. The number of benzene rings is 1. The molecule has 0 bridgehead atoms. The fourth-order valence-corrected chi connectivity index (χ4v) is 2.95. The van der Waals surface area contributed by atoms with E-state index in [0.717, 1.165) is 24.2 Å². The Kier molecular flexibility index (Phi) is 5.18. The van der Waals surface area contributed by atoms with Crippen LogP contribution in [0.1, 0.15) is 43.2 Å². The van der Waals surface area contributed by atoms with E-state index in [4.69, 9.17) is 0 Å². The van der Waals surface area contributed by atoms with E-state index in [1.54, 1.807) is 4.90 Å². The Morgan fingerprint density at radius 1 is 1.35 bits per heavy atom. The van der Waals surface area contributed by atoms with E-state index >= 15 is 0 Å². The molecule has 1 unspecified atom stereocenters. The predicted molar refractivity (Wildman–Crippen MR) is 84.2 cm³/mol. The highest BCUT2D eigenvalue weighted by molar-refractivity contribution is 5.93. The molecule has 3 heteroatoms. The van der Waals surface area contributed by atoms with Crippen LogP contribution in [0.5, 0.6) is 0 Å². The van der Waals surface area contributed by atoms with E-state index in [0.29, 0.717) is 12.5 Å². The van der Waals surface area contributed by atoms with Gasteiger partial charge in [-0.25, -0.2) is 0 Å². The van der Waals surface area contributed by atoms with Gasteiger partial charge in [0, 0.05) is 25.2 Å². The zero-order chi connectivity index (χ0) is 14.5. The molecule has 1 atom stereocenters. The number of anilines is 1. The van der Waals surface area contributed by atoms with Crippen molar-refractivity contribution < 1.29 is 4.79 Å². The molecule has 1 fully saturated rings. The third-order valence-corrected chi connectivity index (χ3v) is 4.21. The first-order chi connectivity index (χ1) is 9.58. The molecular formula is C17H26N2O. The highest BCUT2D eigenvalue weighted by Crippen LogP contribution is 2.21. The molecule has 1 saturated heterocycles. The molecule has 1 aromatic carbocycles. The topological polar surface area (TPSA) is 32.3 Å². The lowest BCUT2D eigenvalue weighted by Gasteiger charge is -2.25. The van der Waals surface area contributed by atoms with Crippen LogP contribution in [0, 0.1) is 13.8 Å². The lowest BCUT2D eigenvalue weighted by Crippen LogP contribution is -2.35. The molecule has 110 valence electrons. The van der Waals surface area contributed by atoms with Gasteiger partial charge in [-0.2, -0.15) is 0 Å². The molecule has 20 heavy (non-hydrogen) atoms. The van der Waals surface area contributed by atoms with Crippen molar-refractivity contribution in [3.63, 3.8) is 0 Å². The highest BCUT2D eigenvalue weighted by Gasteiger charge is 2.17. The summed E-state index contributed by atoms with van der Waals surface area (Å²) in [4.78, 5) is 14.1. The second-order valence-corrected chi connectivity index (χ2v) is 5.93. The Labute approximate surface area is 122 Å². The number of hydrogen-bond acceptors (Lipinski definition) is 2. The summed E-state index contributed by atoms with van der Waals surface area (Å²) >= 11 is 0. The molecule has 1 N–H and O–H groups in total. The molecule has 0 aromatic heterocycles. The minimum atomic E-state index is 0.212. The monoisotopic (exact) mass is 274 g/mol. The van der Waals surface area contributed by atoms with Crippen LogP contribution in [-0.4, -0.2) is 25.5 Å². The molecule has 1 aliphatic rings. The number of carbonyl (C=O) groups is 1. The lowest BCUT2D eigenvalue weighted by atomic mass is 10.00. The summed E-state index contributed by atoms with van der Waals surface area (Å²) in [6.07, 6.45) is 5.35. The van der Waals surface area contributed by atoms with Crippen LogP contribution in [-0.2, 0) is 4.79 Å². The van der Waals surface area contributed by atoms with Crippen LogP contribution >= 0.6 is 0 Å². The SMILES string of the molecule is Cc1ccc(N(C)C(=O)CCC2CCCCN2)c(C)c1. The quantitative estimate of drug-likeness (QED) is 0.914. The van der Waals surface area contributed by atoms with Crippen molar-refractivity contribution in [2.24, 2.45) is 0 Å². The van der Waals surface area contributed by atoms with Crippen LogP contribution in [0.3, 0.4) is 0 Å². The fourth-order valence-electron chi connectivity index (χ4n) is 2.95. The van der Waals surface area contributed by atoms with E-state index < -0.39 is 0 Å². The van der Waals surface area contributed by atoms with Gasteiger partial charge in [0.05, 0.1) is 0 Å². The Morgan fingerprint density at radius 3 is 2.80 bits per heavy atom. The Balaban J connectivity index is 1.90. The van der Waals surface area contributed by atoms with Crippen molar-refractivity contribution in [1.29, 1.82) is 0 Å². The summed E-state index contributed by atoms with van der Waals surface area (Å²) in [5.41, 5.74) is 3.42. The Bertz CT molecular complexity index is 464. The van der Waals surface area contributed by atoms with Gasteiger partial charge in [-0.05, 0) is 51.3 Å². The number of nitrogens with zero attached hydrogens (tertiary/aromatic N) is 1. The van der Waals surface area contributed by atoms with Gasteiger partial charge in [-0.3, -0.25) is 4.79 Å². The second-order valence-electron chi connectivity index (χ2n) is 5.93. The second kappa shape index (κ2) is 6.89. The highest BCUT2D eigenvalue weighted by atomic mass is 16.2. The van der Waals surface area contributed by atoms with Crippen molar-refractivity contribution in [3.8, 4) is 0 Å². The molecule has 2 rings (SSSR count). The van der Waals surface area contributed by atoms with Crippen LogP contribution in [0.25, 0.3) is 0 Å². The van der Waals surface area contributed by atoms with Crippen molar-refractivity contribution in [2.45, 2.75) is 52.0 Å². The normalized spacial score (nSPS) is 18.9. The van der Waals surface area contributed by atoms with Gasteiger partial charge in [-0.15, -0.1) is 0 Å². The van der Waals surface area contributed by atoms with E-state index in [1.165, 1.54) is 24.8 Å². The molecular weight excluding hydrogens is 248 g/mol. The predicted octanol–water partition coefficient (Wildman–Crippen LogP) is 3.19. The number of rotatable bonds is 4. The number of nitrogens with one attached hydrogen (secondary N) is 1. The molecule has 1 amide bonds. The average Bonchev–Trinajstić information content (AvgIpc) is 2.45. The van der Waals surface area contributed by atoms with Crippen LogP contribution < -0.4 is 10.2 Å². The lowest BCUT2D eigenvalue weighted by molar-refractivity contribution is -0.118. The van der Waals surface area contributed by atoms with Gasteiger partial charge in [0.1, 0.15) is 0 Å². The fraction of sp³-hybridized carbons (Fsp3) is 0.588. The van der Waals surface area contributed by atoms with Crippen LogP contribution in [0.15, 0.2) is 18.2 Å². The number of carbonyl (C=O) groups excluding carboxylic acids is 1. The standard InChI is InChI=1S/C17H26N2O/c1-13-7-9-16(14(2)12-13)19(3)17(20)10-8-15-6-4-5-11-18-15/h7,9,12,15,18H,4-6,8,10-11H2,1-3H3. The van der Waals surface area contributed by atoms with Crippen molar-refractivity contribution in [1.82, 2.24) is 5.32 Å². The summed E-state index contributed by atoms with van der Waals surface area (Å²) in [5.74, 6) is 0.212. The van der Waals surface area contributed by atoms with E-state index in [2.05, 4.69) is 31.3 Å². The molecule has 1 aromatic rings. The van der Waals surface area contributed by atoms with Crippen molar-refractivity contribution in [2.75, 3.05) is 18.5 Å². The number of hydrogen-bond donors (Lipinski definition) is 1. The number of amides is 1. The molecule has 1 aliphatic heterocycles. The molecule has 3 nitrogen and oxygen atoms in total. The molecule has 0 spiro atoms. The van der Waals surface area contributed by atoms with Gasteiger partial charge in [-0.1, -0.05) is 24.1 Å². The van der Waals surface area contributed by atoms with E-state index in [9.17, 15) is 4.79 Å². The van der Waals surface area contributed by atoms with Crippen molar-refractivity contribution in [3.05, 3.63) is 29.3 Å². The average molecular weight is 274 g/mol. The Morgan fingerprint density at radius 2 is 2.15 bits per heavy atom. The summed E-state index contributed by atoms with van der Waals surface area (Å²) in [5, 5.41) is 3.50. The van der Waals surface area contributed by atoms with Gasteiger partial charge < -0.3 is 10.2 Å². The zero-order valence-electron chi connectivity index (χ0n) is 12.9. The minimum Gasteiger partial charge on any atom is -0.315 e. The van der Waals surface area contributed by atoms with Crippen LogP contribution in [0.2, 0.25) is 0 Å². The van der Waals surface area contributed by atoms with E-state index in [-0.39, 0.29) is 5.91 Å². The maximum absolute atomic E-state index is 12.3. The molecule has 0 radical (unpaired) electrons. The van der Waals surface area contributed by atoms with Crippen molar-refractivity contribution >= 4 is 11.6 Å². The first-order valence-corrected chi connectivity index (χ1v) is 7.65. The Hall–Kier alpha value is -1.35. The zero-order valence-corrected chi connectivity index (χ0v) is 12.9. The maximum Gasteiger partial charge on any atom is 0.226 e. The largest absolute Gasteiger partial charge is 0.315 e. The molecule has 1 heterocycles. The third kappa shape index (κ3) is 3.83. The number of aryl methyl sites for hydroxylation is 2. The van der Waals surface area contributed by atoms with Gasteiger partial charge in [0.15, 0.2) is 0 Å². The van der Waals surface area contributed by atoms with Gasteiger partial charge in [0.25, 0.3) is 0 Å². The van der Waals surface area contributed by atoms with Gasteiger partial charge >= 0.3 is 0 Å². The number of piperidine rings is 1. The third-order valence-electron chi connectivity index (χ3n) is 4.21. The van der Waals surface area contributed by atoms with Gasteiger partial charge in [0.2, 0.25) is 5.91 Å². The minimum absolute atomic E-state index is 0.212. The molecule has 0 aliphatic carbocycles. The summed E-state index contributed by atoms with van der Waals surface area (Å²) in [6, 6.07) is 6.76.